The second-order valence-electron chi connectivity index (χ2n) is 6.81. The van der Waals surface area contributed by atoms with Gasteiger partial charge >= 0.3 is 5.97 Å². The third-order valence-corrected chi connectivity index (χ3v) is 6.11. The molecule has 31 heavy (non-hydrogen) atoms. The predicted octanol–water partition coefficient (Wildman–Crippen LogP) is 4.11. The Kier molecular flexibility index (Phi) is 4.56. The van der Waals surface area contributed by atoms with Gasteiger partial charge in [-0.25, -0.2) is 14.8 Å². The summed E-state index contributed by atoms with van der Waals surface area (Å²) < 4.78 is 7.89. The SMILES string of the molecule is CCOC(=O)c1c(=O)c2cnc(-c3ccc(C=O)cc3)nc2n2c1sc1ccccc12. The number of hydrogen-bond acceptors (Lipinski definition) is 7. The van der Waals surface area contributed by atoms with Crippen LogP contribution in [-0.4, -0.2) is 33.2 Å². The van der Waals surface area contributed by atoms with Crippen molar-refractivity contribution in [3.05, 3.63) is 76.1 Å². The molecule has 0 aliphatic rings. The largest absolute Gasteiger partial charge is 0.462 e. The first kappa shape index (κ1) is 19.1. The van der Waals surface area contributed by atoms with Crippen molar-refractivity contribution in [2.75, 3.05) is 6.61 Å². The molecule has 0 aliphatic carbocycles. The first-order valence-electron chi connectivity index (χ1n) is 9.58. The standard InChI is InChI=1S/C23H15N3O4S/c1-2-30-23(29)18-19(28)15-11-24-20(14-9-7-13(12-27)8-10-14)25-21(15)26-16-5-3-4-6-17(16)31-22(18)26/h3-12H,2H2,1H3. The van der Waals surface area contributed by atoms with E-state index in [-0.39, 0.29) is 17.6 Å². The summed E-state index contributed by atoms with van der Waals surface area (Å²) in [6, 6.07) is 14.5. The molecule has 8 heteroatoms. The molecule has 3 heterocycles. The lowest BCUT2D eigenvalue weighted by atomic mass is 10.1. The van der Waals surface area contributed by atoms with Crippen molar-refractivity contribution in [1.82, 2.24) is 14.4 Å². The molecule has 0 saturated heterocycles. The Morgan fingerprint density at radius 3 is 2.68 bits per heavy atom. The number of carbonyl (C=O) groups excluding carboxylic acids is 2. The summed E-state index contributed by atoms with van der Waals surface area (Å²) in [7, 11) is 0. The lowest BCUT2D eigenvalue weighted by Gasteiger charge is -2.09. The average Bonchev–Trinajstić information content (AvgIpc) is 3.18. The maximum Gasteiger partial charge on any atom is 0.345 e. The molecule has 152 valence electrons. The van der Waals surface area contributed by atoms with E-state index in [4.69, 9.17) is 4.74 Å². The molecule has 0 radical (unpaired) electrons. The van der Waals surface area contributed by atoms with Crippen LogP contribution in [0, 0.1) is 0 Å². The molecule has 0 N–H and O–H groups in total. The highest BCUT2D eigenvalue weighted by atomic mass is 32.1. The second kappa shape index (κ2) is 7.41. The van der Waals surface area contributed by atoms with Gasteiger partial charge in [0.25, 0.3) is 0 Å². The van der Waals surface area contributed by atoms with Crippen LogP contribution >= 0.6 is 11.3 Å². The quantitative estimate of drug-likeness (QED) is 0.315. The summed E-state index contributed by atoms with van der Waals surface area (Å²) in [5.41, 5.74) is 2.04. The van der Waals surface area contributed by atoms with Gasteiger partial charge in [-0.15, -0.1) is 11.3 Å². The number of fused-ring (bicyclic) bond motifs is 5. The third-order valence-electron chi connectivity index (χ3n) is 4.97. The van der Waals surface area contributed by atoms with E-state index < -0.39 is 11.4 Å². The monoisotopic (exact) mass is 429 g/mol. The van der Waals surface area contributed by atoms with E-state index in [1.54, 1.807) is 31.2 Å². The first-order chi connectivity index (χ1) is 15.1. The Morgan fingerprint density at radius 1 is 1.16 bits per heavy atom. The van der Waals surface area contributed by atoms with Crippen LogP contribution in [0.15, 0.2) is 59.5 Å². The fraction of sp³-hybridized carbons (Fsp3) is 0.0870. The molecule has 5 aromatic rings. The van der Waals surface area contributed by atoms with Crippen LogP contribution in [0.3, 0.4) is 0 Å². The highest BCUT2D eigenvalue weighted by molar-refractivity contribution is 7.24. The van der Waals surface area contributed by atoms with E-state index >= 15 is 0 Å². The van der Waals surface area contributed by atoms with E-state index in [1.807, 2.05) is 28.7 Å². The van der Waals surface area contributed by atoms with Gasteiger partial charge in [0, 0.05) is 17.3 Å². The van der Waals surface area contributed by atoms with Crippen LogP contribution in [0.2, 0.25) is 0 Å². The van der Waals surface area contributed by atoms with Crippen molar-refractivity contribution in [2.24, 2.45) is 0 Å². The van der Waals surface area contributed by atoms with Gasteiger partial charge < -0.3 is 4.74 Å². The lowest BCUT2D eigenvalue weighted by Crippen LogP contribution is -2.20. The van der Waals surface area contributed by atoms with Crippen LogP contribution < -0.4 is 5.43 Å². The number of carbonyl (C=O) groups is 2. The van der Waals surface area contributed by atoms with Crippen LogP contribution in [0.1, 0.15) is 27.6 Å². The third kappa shape index (κ3) is 3.00. The van der Waals surface area contributed by atoms with Gasteiger partial charge in [0.15, 0.2) is 11.5 Å². The molecule has 3 aromatic heterocycles. The normalized spacial score (nSPS) is 11.3. The number of pyridine rings is 1. The fourth-order valence-electron chi connectivity index (χ4n) is 3.53. The number of rotatable bonds is 4. The summed E-state index contributed by atoms with van der Waals surface area (Å²) in [6.45, 7) is 1.86. The summed E-state index contributed by atoms with van der Waals surface area (Å²) in [4.78, 5) is 46.3. The maximum absolute atomic E-state index is 13.2. The Hall–Kier alpha value is -3.91. The molecule has 0 unspecified atom stereocenters. The van der Waals surface area contributed by atoms with Gasteiger partial charge in [-0.3, -0.25) is 14.0 Å². The second-order valence-corrected chi connectivity index (χ2v) is 7.84. The number of nitrogens with zero attached hydrogens (tertiary/aromatic N) is 3. The Balaban J connectivity index is 1.88. The van der Waals surface area contributed by atoms with Crippen molar-refractivity contribution in [3.8, 4) is 11.4 Å². The average molecular weight is 429 g/mol. The smallest absolute Gasteiger partial charge is 0.345 e. The number of hydrogen-bond donors (Lipinski definition) is 0. The van der Waals surface area contributed by atoms with Crippen molar-refractivity contribution >= 4 is 49.7 Å². The van der Waals surface area contributed by atoms with Crippen LogP contribution in [0.4, 0.5) is 0 Å². The molecule has 0 aliphatic heterocycles. The van der Waals surface area contributed by atoms with Crippen molar-refractivity contribution in [3.63, 3.8) is 0 Å². The molecule has 7 nitrogen and oxygen atoms in total. The van der Waals surface area contributed by atoms with E-state index in [9.17, 15) is 14.4 Å². The highest BCUT2D eigenvalue weighted by Gasteiger charge is 2.24. The number of aromatic nitrogens is 3. The summed E-state index contributed by atoms with van der Waals surface area (Å²) in [6.07, 6.45) is 2.21. The molecule has 0 saturated carbocycles. The summed E-state index contributed by atoms with van der Waals surface area (Å²) in [5, 5.41) is 0.234. The van der Waals surface area contributed by atoms with Crippen LogP contribution in [-0.2, 0) is 4.74 Å². The van der Waals surface area contributed by atoms with Gasteiger partial charge in [0.2, 0.25) is 5.43 Å². The Labute approximate surface area is 179 Å². The van der Waals surface area contributed by atoms with Crippen molar-refractivity contribution < 1.29 is 14.3 Å². The molecule has 0 atom stereocenters. The molecule has 0 bridgehead atoms. The van der Waals surface area contributed by atoms with Gasteiger partial charge in [0.1, 0.15) is 16.7 Å². The van der Waals surface area contributed by atoms with E-state index in [0.717, 1.165) is 16.5 Å². The zero-order valence-electron chi connectivity index (χ0n) is 16.4. The number of para-hydroxylation sites is 1. The summed E-state index contributed by atoms with van der Waals surface area (Å²) in [5.74, 6) is -0.246. The van der Waals surface area contributed by atoms with Gasteiger partial charge in [-0.2, -0.15) is 0 Å². The first-order valence-corrected chi connectivity index (χ1v) is 10.4. The Morgan fingerprint density at radius 2 is 1.94 bits per heavy atom. The molecule has 0 amide bonds. The molecular formula is C23H15N3O4S. The van der Waals surface area contributed by atoms with E-state index in [2.05, 4.69) is 9.97 Å². The maximum atomic E-state index is 13.2. The predicted molar refractivity (Wildman–Crippen MR) is 119 cm³/mol. The number of esters is 1. The van der Waals surface area contributed by atoms with E-state index in [1.165, 1.54) is 17.5 Å². The van der Waals surface area contributed by atoms with Crippen LogP contribution in [0.25, 0.3) is 37.5 Å². The molecule has 2 aromatic carbocycles. The molecule has 5 rings (SSSR count). The zero-order chi connectivity index (χ0) is 21.5. The number of ether oxygens (including phenoxy) is 1. The molecule has 0 fully saturated rings. The van der Waals surface area contributed by atoms with Crippen LogP contribution in [0.5, 0.6) is 0 Å². The van der Waals surface area contributed by atoms with Gasteiger partial charge in [-0.05, 0) is 19.1 Å². The topological polar surface area (TPSA) is 90.6 Å². The highest BCUT2D eigenvalue weighted by Crippen LogP contribution is 2.31. The Bertz CT molecular complexity index is 1550. The summed E-state index contributed by atoms with van der Waals surface area (Å²) >= 11 is 1.34. The van der Waals surface area contributed by atoms with Gasteiger partial charge in [-0.1, -0.05) is 36.4 Å². The number of benzene rings is 2. The number of aldehydes is 1. The van der Waals surface area contributed by atoms with Gasteiger partial charge in [0.05, 0.1) is 22.2 Å². The minimum atomic E-state index is -0.660. The van der Waals surface area contributed by atoms with Crippen molar-refractivity contribution in [1.29, 1.82) is 0 Å². The van der Waals surface area contributed by atoms with E-state index in [0.29, 0.717) is 27.4 Å². The zero-order valence-corrected chi connectivity index (χ0v) is 17.2. The number of thiazole rings is 1. The minimum Gasteiger partial charge on any atom is -0.462 e. The molecule has 0 spiro atoms. The molecular weight excluding hydrogens is 414 g/mol. The minimum absolute atomic E-state index is 0.0118. The van der Waals surface area contributed by atoms with Crippen molar-refractivity contribution in [2.45, 2.75) is 6.92 Å². The fourth-order valence-corrected chi connectivity index (χ4v) is 4.70. The lowest BCUT2D eigenvalue weighted by molar-refractivity contribution is 0.0527.